The Kier molecular flexibility index (Phi) is 8.39. The second-order valence-electron chi connectivity index (χ2n) is 6.56. The van der Waals surface area contributed by atoms with E-state index in [9.17, 15) is 9.59 Å². The molecule has 1 aliphatic heterocycles. The lowest BCUT2D eigenvalue weighted by Gasteiger charge is -2.23. The lowest BCUT2D eigenvalue weighted by molar-refractivity contribution is -0.154. The van der Waals surface area contributed by atoms with Crippen molar-refractivity contribution in [2.75, 3.05) is 27.4 Å². The van der Waals surface area contributed by atoms with E-state index in [2.05, 4.69) is 0 Å². The standard InChI is InChI=1S/C20H29NO6/c1-25-16-10-9-15(18(13-16)26-2)14-27-20(24)17-7-6-11-21(17)19(23)8-4-3-5-12-22/h9-10,13,17,22H,3-8,11-12,14H2,1-2H3/t17-/m0/s1. The quantitative estimate of drug-likeness (QED) is 0.496. The molecule has 0 aromatic heterocycles. The number of carbonyl (C=O) groups is 2. The Morgan fingerprint density at radius 3 is 2.70 bits per heavy atom. The third kappa shape index (κ3) is 5.85. The van der Waals surface area contributed by atoms with Gasteiger partial charge in [0.2, 0.25) is 5.91 Å². The summed E-state index contributed by atoms with van der Waals surface area (Å²) < 4.78 is 15.9. The van der Waals surface area contributed by atoms with Crippen molar-refractivity contribution in [3.05, 3.63) is 23.8 Å². The van der Waals surface area contributed by atoms with Gasteiger partial charge in [0.1, 0.15) is 24.1 Å². The van der Waals surface area contributed by atoms with Gasteiger partial charge in [0.15, 0.2) is 0 Å². The largest absolute Gasteiger partial charge is 0.497 e. The molecule has 1 atom stereocenters. The van der Waals surface area contributed by atoms with Crippen LogP contribution < -0.4 is 9.47 Å². The second-order valence-corrected chi connectivity index (χ2v) is 6.56. The molecule has 1 N–H and O–H groups in total. The number of esters is 1. The maximum absolute atomic E-state index is 12.5. The van der Waals surface area contributed by atoms with E-state index in [0.29, 0.717) is 37.3 Å². The maximum atomic E-state index is 12.5. The highest BCUT2D eigenvalue weighted by Crippen LogP contribution is 2.26. The number of rotatable bonds is 10. The first-order valence-electron chi connectivity index (χ1n) is 9.38. The third-order valence-corrected chi connectivity index (χ3v) is 4.76. The predicted octanol–water partition coefficient (Wildman–Crippen LogP) is 2.29. The smallest absolute Gasteiger partial charge is 0.329 e. The lowest BCUT2D eigenvalue weighted by atomic mass is 10.1. The maximum Gasteiger partial charge on any atom is 0.329 e. The van der Waals surface area contributed by atoms with E-state index in [1.807, 2.05) is 0 Å². The van der Waals surface area contributed by atoms with Crippen LogP contribution in [0.5, 0.6) is 11.5 Å². The Labute approximate surface area is 160 Å². The predicted molar refractivity (Wildman–Crippen MR) is 99.6 cm³/mol. The first-order chi connectivity index (χ1) is 13.1. The fourth-order valence-corrected chi connectivity index (χ4v) is 3.23. The first-order valence-corrected chi connectivity index (χ1v) is 9.38. The molecule has 1 saturated heterocycles. The number of ether oxygens (including phenoxy) is 3. The minimum absolute atomic E-state index is 0.0191. The fourth-order valence-electron chi connectivity index (χ4n) is 3.23. The molecule has 1 heterocycles. The summed E-state index contributed by atoms with van der Waals surface area (Å²) in [6.07, 6.45) is 4.05. The van der Waals surface area contributed by atoms with Crippen molar-refractivity contribution in [3.63, 3.8) is 0 Å². The minimum Gasteiger partial charge on any atom is -0.497 e. The van der Waals surface area contributed by atoms with E-state index in [4.69, 9.17) is 19.3 Å². The van der Waals surface area contributed by atoms with E-state index >= 15 is 0 Å². The Morgan fingerprint density at radius 2 is 2.00 bits per heavy atom. The highest BCUT2D eigenvalue weighted by atomic mass is 16.5. The average Bonchev–Trinajstić information content (AvgIpc) is 3.19. The van der Waals surface area contributed by atoms with Crippen LogP contribution in [0.25, 0.3) is 0 Å². The van der Waals surface area contributed by atoms with E-state index < -0.39 is 6.04 Å². The molecule has 1 aliphatic rings. The molecular formula is C20H29NO6. The van der Waals surface area contributed by atoms with Crippen LogP contribution >= 0.6 is 0 Å². The molecule has 1 fully saturated rings. The number of carbonyl (C=O) groups excluding carboxylic acids is 2. The molecule has 0 aliphatic carbocycles. The fraction of sp³-hybridized carbons (Fsp3) is 0.600. The Morgan fingerprint density at radius 1 is 1.19 bits per heavy atom. The number of likely N-dealkylation sites (tertiary alicyclic amines) is 1. The summed E-state index contributed by atoms with van der Waals surface area (Å²) >= 11 is 0. The molecule has 1 amide bonds. The van der Waals surface area contributed by atoms with Crippen LogP contribution in [0.15, 0.2) is 18.2 Å². The van der Waals surface area contributed by atoms with Gasteiger partial charge in [-0.2, -0.15) is 0 Å². The first kappa shape index (κ1) is 21.0. The van der Waals surface area contributed by atoms with Gasteiger partial charge >= 0.3 is 5.97 Å². The number of amides is 1. The summed E-state index contributed by atoms with van der Waals surface area (Å²) in [7, 11) is 3.12. The number of aliphatic hydroxyl groups excluding tert-OH is 1. The highest BCUT2D eigenvalue weighted by molar-refractivity contribution is 5.85. The Hall–Kier alpha value is -2.28. The molecule has 7 heteroatoms. The van der Waals surface area contributed by atoms with Crippen molar-refractivity contribution < 1.29 is 28.9 Å². The van der Waals surface area contributed by atoms with Gasteiger partial charge in [-0.3, -0.25) is 4.79 Å². The van der Waals surface area contributed by atoms with Gasteiger partial charge in [-0.1, -0.05) is 6.42 Å². The normalized spacial score (nSPS) is 16.3. The van der Waals surface area contributed by atoms with Crippen molar-refractivity contribution in [1.29, 1.82) is 0 Å². The monoisotopic (exact) mass is 379 g/mol. The summed E-state index contributed by atoms with van der Waals surface area (Å²) in [6.45, 7) is 0.813. The molecule has 0 spiro atoms. The van der Waals surface area contributed by atoms with Gasteiger partial charge in [-0.15, -0.1) is 0 Å². The molecule has 1 aromatic rings. The number of unbranched alkanes of at least 4 members (excludes halogenated alkanes) is 2. The highest BCUT2D eigenvalue weighted by Gasteiger charge is 2.34. The summed E-state index contributed by atoms with van der Waals surface area (Å²) in [5.41, 5.74) is 0.742. The molecule has 0 bridgehead atoms. The van der Waals surface area contributed by atoms with Crippen LogP contribution in [-0.4, -0.2) is 55.3 Å². The summed E-state index contributed by atoms with van der Waals surface area (Å²) in [4.78, 5) is 26.5. The van der Waals surface area contributed by atoms with Gasteiger partial charge in [-0.25, -0.2) is 4.79 Å². The molecule has 150 valence electrons. The average molecular weight is 379 g/mol. The SMILES string of the molecule is COc1ccc(COC(=O)[C@@H]2CCCN2C(=O)CCCCCO)c(OC)c1. The van der Waals surface area contributed by atoms with Gasteiger partial charge < -0.3 is 24.2 Å². The number of benzene rings is 1. The third-order valence-electron chi connectivity index (χ3n) is 4.76. The number of methoxy groups -OCH3 is 2. The van der Waals surface area contributed by atoms with Crippen molar-refractivity contribution in [2.24, 2.45) is 0 Å². The van der Waals surface area contributed by atoms with Gasteiger partial charge in [0.25, 0.3) is 0 Å². The zero-order chi connectivity index (χ0) is 19.6. The Balaban J connectivity index is 1.90. The number of aliphatic hydroxyl groups is 1. The second kappa shape index (κ2) is 10.8. The summed E-state index contributed by atoms with van der Waals surface area (Å²) in [5, 5.41) is 8.81. The zero-order valence-corrected chi connectivity index (χ0v) is 16.1. The van der Waals surface area contributed by atoms with Gasteiger partial charge in [0.05, 0.1) is 14.2 Å². The van der Waals surface area contributed by atoms with E-state index in [1.165, 1.54) is 0 Å². The molecular weight excluding hydrogens is 350 g/mol. The lowest BCUT2D eigenvalue weighted by Crippen LogP contribution is -2.41. The van der Waals surface area contributed by atoms with Crippen LogP contribution in [0, 0.1) is 0 Å². The van der Waals surface area contributed by atoms with Crippen molar-refractivity contribution in [2.45, 2.75) is 51.2 Å². The molecule has 0 saturated carbocycles. The molecule has 0 radical (unpaired) electrons. The zero-order valence-electron chi connectivity index (χ0n) is 16.1. The van der Waals surface area contributed by atoms with E-state index in [1.54, 1.807) is 37.3 Å². The van der Waals surface area contributed by atoms with Crippen LogP contribution in [0.4, 0.5) is 0 Å². The van der Waals surface area contributed by atoms with Gasteiger partial charge in [-0.05, 0) is 37.8 Å². The number of hydrogen-bond acceptors (Lipinski definition) is 6. The summed E-state index contributed by atoms with van der Waals surface area (Å²) in [6, 6.07) is 4.80. The van der Waals surface area contributed by atoms with Crippen molar-refractivity contribution in [1.82, 2.24) is 4.90 Å². The van der Waals surface area contributed by atoms with Crippen LogP contribution in [0.2, 0.25) is 0 Å². The van der Waals surface area contributed by atoms with Crippen LogP contribution in [0.1, 0.15) is 44.1 Å². The van der Waals surface area contributed by atoms with Crippen LogP contribution in [0.3, 0.4) is 0 Å². The van der Waals surface area contributed by atoms with Gasteiger partial charge in [0, 0.05) is 31.2 Å². The molecule has 2 rings (SSSR count). The summed E-state index contributed by atoms with van der Waals surface area (Å²) in [5.74, 6) is 0.851. The Bertz CT molecular complexity index is 633. The van der Waals surface area contributed by atoms with Crippen molar-refractivity contribution in [3.8, 4) is 11.5 Å². The molecule has 0 unspecified atom stereocenters. The molecule has 7 nitrogen and oxygen atoms in total. The van der Waals surface area contributed by atoms with E-state index in [-0.39, 0.29) is 25.1 Å². The topological polar surface area (TPSA) is 85.3 Å². The van der Waals surface area contributed by atoms with E-state index in [0.717, 1.165) is 24.8 Å². The number of hydrogen-bond donors (Lipinski definition) is 1. The molecule has 1 aromatic carbocycles. The molecule has 27 heavy (non-hydrogen) atoms. The number of nitrogens with zero attached hydrogens (tertiary/aromatic N) is 1. The van der Waals surface area contributed by atoms with Crippen LogP contribution in [-0.2, 0) is 20.9 Å². The van der Waals surface area contributed by atoms with Crippen molar-refractivity contribution >= 4 is 11.9 Å². The minimum atomic E-state index is -0.514.